The molecular weight excluding hydrogens is 296 g/mol. The lowest BCUT2D eigenvalue weighted by Gasteiger charge is -2.05. The Labute approximate surface area is 123 Å². The van der Waals surface area contributed by atoms with Crippen molar-refractivity contribution in [3.8, 4) is 12.3 Å². The Morgan fingerprint density at radius 3 is 2.95 bits per heavy atom. The molecular formula is C14H15ClN2O2S. The molecule has 0 radical (unpaired) electrons. The van der Waals surface area contributed by atoms with Gasteiger partial charge in [-0.25, -0.2) is 13.1 Å². The second kappa shape index (κ2) is 6.31. The van der Waals surface area contributed by atoms with Gasteiger partial charge in [-0.1, -0.05) is 17.7 Å². The van der Waals surface area contributed by atoms with E-state index in [0.29, 0.717) is 18.0 Å². The molecule has 1 heterocycles. The highest BCUT2D eigenvalue weighted by molar-refractivity contribution is 7.89. The minimum absolute atomic E-state index is 0.0435. The third-order valence-electron chi connectivity index (χ3n) is 2.97. The van der Waals surface area contributed by atoms with Crippen molar-refractivity contribution in [3.63, 3.8) is 0 Å². The van der Waals surface area contributed by atoms with E-state index in [0.717, 1.165) is 16.5 Å². The molecule has 20 heavy (non-hydrogen) atoms. The van der Waals surface area contributed by atoms with Crippen LogP contribution in [0.1, 0.15) is 12.0 Å². The Morgan fingerprint density at radius 1 is 1.40 bits per heavy atom. The summed E-state index contributed by atoms with van der Waals surface area (Å²) in [6.07, 6.45) is 7.70. The van der Waals surface area contributed by atoms with Crippen molar-refractivity contribution in [1.82, 2.24) is 9.71 Å². The fraction of sp³-hybridized carbons (Fsp3) is 0.286. The monoisotopic (exact) mass is 310 g/mol. The molecule has 1 aromatic heterocycles. The molecule has 2 N–H and O–H groups in total. The molecule has 0 saturated heterocycles. The summed E-state index contributed by atoms with van der Waals surface area (Å²) in [5, 5.41) is 1.60. The van der Waals surface area contributed by atoms with Crippen LogP contribution in [0.4, 0.5) is 0 Å². The van der Waals surface area contributed by atoms with Crippen molar-refractivity contribution in [1.29, 1.82) is 0 Å². The van der Waals surface area contributed by atoms with Gasteiger partial charge in [-0.15, -0.1) is 12.3 Å². The average Bonchev–Trinajstić information content (AvgIpc) is 2.81. The van der Waals surface area contributed by atoms with Crippen molar-refractivity contribution in [2.45, 2.75) is 12.8 Å². The van der Waals surface area contributed by atoms with Gasteiger partial charge in [0.05, 0.1) is 10.8 Å². The molecule has 2 aromatic rings. The first-order chi connectivity index (χ1) is 9.53. The summed E-state index contributed by atoms with van der Waals surface area (Å²) in [5.41, 5.74) is 1.94. The second-order valence-corrected chi connectivity index (χ2v) is 6.73. The van der Waals surface area contributed by atoms with Gasteiger partial charge in [0.15, 0.2) is 0 Å². The molecule has 0 spiro atoms. The van der Waals surface area contributed by atoms with E-state index in [2.05, 4.69) is 15.6 Å². The number of hydrogen-bond donors (Lipinski definition) is 2. The minimum atomic E-state index is -3.30. The zero-order valence-electron chi connectivity index (χ0n) is 10.8. The number of terminal acetylenes is 1. The van der Waals surface area contributed by atoms with Crippen LogP contribution in [-0.2, 0) is 16.4 Å². The molecule has 0 aliphatic carbocycles. The van der Waals surface area contributed by atoms with Crippen LogP contribution in [0.15, 0.2) is 24.4 Å². The van der Waals surface area contributed by atoms with Gasteiger partial charge in [-0.2, -0.15) is 0 Å². The first kappa shape index (κ1) is 14.9. The Kier molecular flexibility index (Phi) is 4.71. The quantitative estimate of drug-likeness (QED) is 0.804. The van der Waals surface area contributed by atoms with Crippen LogP contribution in [0.2, 0.25) is 5.02 Å². The summed E-state index contributed by atoms with van der Waals surface area (Å²) in [7, 11) is -3.30. The molecule has 0 aliphatic rings. The number of nitrogens with one attached hydrogen (secondary N) is 2. The third kappa shape index (κ3) is 3.54. The molecule has 6 heteroatoms. The Hall–Kier alpha value is -1.48. The molecule has 0 fully saturated rings. The SMILES string of the molecule is C#CCCS(=O)(=O)NCCc1c[nH]c2cccc(Cl)c12. The van der Waals surface area contributed by atoms with Gasteiger partial charge >= 0.3 is 0 Å². The summed E-state index contributed by atoms with van der Waals surface area (Å²) in [5.74, 6) is 2.27. The van der Waals surface area contributed by atoms with E-state index in [1.807, 2.05) is 24.4 Å². The molecule has 0 saturated carbocycles. The van der Waals surface area contributed by atoms with Gasteiger partial charge in [0.2, 0.25) is 10.0 Å². The van der Waals surface area contributed by atoms with Crippen molar-refractivity contribution in [2.75, 3.05) is 12.3 Å². The van der Waals surface area contributed by atoms with E-state index in [1.165, 1.54) is 0 Å². The highest BCUT2D eigenvalue weighted by atomic mass is 35.5. The molecule has 106 valence electrons. The van der Waals surface area contributed by atoms with Crippen molar-refractivity contribution >= 4 is 32.5 Å². The predicted octanol–water partition coefficient (Wildman–Crippen LogP) is 2.31. The largest absolute Gasteiger partial charge is 0.361 e. The van der Waals surface area contributed by atoms with Gasteiger partial charge in [0, 0.05) is 30.1 Å². The fourth-order valence-electron chi connectivity index (χ4n) is 2.01. The molecule has 0 aliphatic heterocycles. The van der Waals surface area contributed by atoms with Crippen molar-refractivity contribution in [2.24, 2.45) is 0 Å². The lowest BCUT2D eigenvalue weighted by atomic mass is 10.1. The number of aromatic nitrogens is 1. The molecule has 2 rings (SSSR count). The van der Waals surface area contributed by atoms with Crippen LogP contribution < -0.4 is 4.72 Å². The van der Waals surface area contributed by atoms with Gasteiger partial charge in [-0.05, 0) is 24.1 Å². The topological polar surface area (TPSA) is 62.0 Å². The first-order valence-corrected chi connectivity index (χ1v) is 8.22. The molecule has 0 amide bonds. The van der Waals surface area contributed by atoms with Crippen LogP contribution in [0, 0.1) is 12.3 Å². The number of H-pyrrole nitrogens is 1. The lowest BCUT2D eigenvalue weighted by Crippen LogP contribution is -2.28. The number of halogens is 1. The maximum atomic E-state index is 11.6. The number of fused-ring (bicyclic) bond motifs is 1. The zero-order valence-corrected chi connectivity index (χ0v) is 12.4. The van der Waals surface area contributed by atoms with Crippen molar-refractivity contribution < 1.29 is 8.42 Å². The number of sulfonamides is 1. The summed E-state index contributed by atoms with van der Waals surface area (Å²) in [6.45, 7) is 0.324. The molecule has 0 bridgehead atoms. The minimum Gasteiger partial charge on any atom is -0.361 e. The van der Waals surface area contributed by atoms with Gasteiger partial charge in [-0.3, -0.25) is 0 Å². The molecule has 0 atom stereocenters. The third-order valence-corrected chi connectivity index (χ3v) is 4.67. The van der Waals surface area contributed by atoms with E-state index in [-0.39, 0.29) is 12.2 Å². The second-order valence-electron chi connectivity index (χ2n) is 4.39. The lowest BCUT2D eigenvalue weighted by molar-refractivity contribution is 0.581. The maximum absolute atomic E-state index is 11.6. The highest BCUT2D eigenvalue weighted by Crippen LogP contribution is 2.26. The first-order valence-electron chi connectivity index (χ1n) is 6.19. The van der Waals surface area contributed by atoms with Gasteiger partial charge < -0.3 is 4.98 Å². The number of benzene rings is 1. The summed E-state index contributed by atoms with van der Waals surface area (Å²) < 4.78 is 25.8. The van der Waals surface area contributed by atoms with Gasteiger partial charge in [0.1, 0.15) is 0 Å². The molecule has 1 aromatic carbocycles. The van der Waals surface area contributed by atoms with Crippen molar-refractivity contribution in [3.05, 3.63) is 35.0 Å². The smallest absolute Gasteiger partial charge is 0.212 e. The van der Waals surface area contributed by atoms with Crippen LogP contribution in [-0.4, -0.2) is 25.7 Å². The van der Waals surface area contributed by atoms with E-state index in [4.69, 9.17) is 18.0 Å². The Bertz CT molecular complexity index is 744. The number of aromatic amines is 1. The predicted molar refractivity (Wildman–Crippen MR) is 82.3 cm³/mol. The zero-order chi connectivity index (χ0) is 14.6. The summed E-state index contributed by atoms with van der Waals surface area (Å²) in [6, 6.07) is 5.62. The van der Waals surface area contributed by atoms with E-state index in [1.54, 1.807) is 0 Å². The summed E-state index contributed by atoms with van der Waals surface area (Å²) >= 11 is 6.16. The standard InChI is InChI=1S/C14H15ClN2O2S/c1-2-3-9-20(18,19)17-8-7-11-10-16-13-6-4-5-12(15)14(11)13/h1,4-6,10,16-17H,3,7-9H2. The normalized spacial score (nSPS) is 11.6. The number of rotatable bonds is 6. The summed E-state index contributed by atoms with van der Waals surface area (Å²) in [4.78, 5) is 3.12. The van der Waals surface area contributed by atoms with Crippen LogP contribution in [0.5, 0.6) is 0 Å². The van der Waals surface area contributed by atoms with E-state index >= 15 is 0 Å². The van der Waals surface area contributed by atoms with Crippen LogP contribution in [0.25, 0.3) is 10.9 Å². The Morgan fingerprint density at radius 2 is 2.20 bits per heavy atom. The maximum Gasteiger partial charge on any atom is 0.212 e. The fourth-order valence-corrected chi connectivity index (χ4v) is 3.25. The van der Waals surface area contributed by atoms with E-state index in [9.17, 15) is 8.42 Å². The highest BCUT2D eigenvalue weighted by Gasteiger charge is 2.10. The van der Waals surface area contributed by atoms with Gasteiger partial charge in [0.25, 0.3) is 0 Å². The molecule has 0 unspecified atom stereocenters. The van der Waals surface area contributed by atoms with Crippen LogP contribution >= 0.6 is 11.6 Å². The Balaban J connectivity index is 2.02. The van der Waals surface area contributed by atoms with E-state index < -0.39 is 10.0 Å². The molecule has 4 nitrogen and oxygen atoms in total. The van der Waals surface area contributed by atoms with Crippen LogP contribution in [0.3, 0.4) is 0 Å². The number of hydrogen-bond acceptors (Lipinski definition) is 2. The average molecular weight is 311 g/mol.